The molecule has 1 heterocycles. The average Bonchev–Trinajstić information content (AvgIpc) is 3.11. The van der Waals surface area contributed by atoms with E-state index in [1.54, 1.807) is 0 Å². The van der Waals surface area contributed by atoms with Crippen LogP contribution in [0.15, 0.2) is 18.3 Å². The summed E-state index contributed by atoms with van der Waals surface area (Å²) in [4.78, 5) is 4.41. The molecule has 0 aromatic carbocycles. The van der Waals surface area contributed by atoms with Crippen LogP contribution in [0.25, 0.3) is 0 Å². The van der Waals surface area contributed by atoms with E-state index >= 15 is 0 Å². The van der Waals surface area contributed by atoms with Gasteiger partial charge in [0.15, 0.2) is 0 Å². The fourth-order valence-electron chi connectivity index (χ4n) is 1.70. The number of hydrogen-bond donors (Lipinski definition) is 1. The first-order valence-corrected chi connectivity index (χ1v) is 6.49. The topological polar surface area (TPSA) is 34.1 Å². The Morgan fingerprint density at radius 3 is 3.00 bits per heavy atom. The molecule has 0 amide bonds. The molecular weight excluding hydrogens is 212 g/mol. The molecule has 94 valence electrons. The van der Waals surface area contributed by atoms with Crippen molar-refractivity contribution in [3.8, 4) is 0 Å². The summed E-state index contributed by atoms with van der Waals surface area (Å²) in [7, 11) is 0. The summed E-state index contributed by atoms with van der Waals surface area (Å²) in [6.45, 7) is 6.66. The van der Waals surface area contributed by atoms with Crippen molar-refractivity contribution >= 4 is 0 Å². The molecule has 0 bridgehead atoms. The summed E-state index contributed by atoms with van der Waals surface area (Å²) in [5.74, 6) is 0.576. The lowest BCUT2D eigenvalue weighted by Gasteiger charge is -2.11. The van der Waals surface area contributed by atoms with Gasteiger partial charge in [-0.05, 0) is 30.4 Å². The number of ether oxygens (including phenoxy) is 1. The summed E-state index contributed by atoms with van der Waals surface area (Å²) in [5, 5.41) is 3.52. The highest BCUT2D eigenvalue weighted by atomic mass is 16.5. The quantitative estimate of drug-likeness (QED) is 0.787. The molecule has 1 aliphatic carbocycles. The number of rotatable bonds is 7. The van der Waals surface area contributed by atoms with Crippen molar-refractivity contribution in [3.63, 3.8) is 0 Å². The molecule has 2 rings (SSSR count). The predicted molar refractivity (Wildman–Crippen MR) is 68.6 cm³/mol. The van der Waals surface area contributed by atoms with Gasteiger partial charge in [-0.2, -0.15) is 0 Å². The zero-order valence-corrected chi connectivity index (χ0v) is 10.8. The normalized spacial score (nSPS) is 15.5. The third kappa shape index (κ3) is 4.44. The minimum absolute atomic E-state index is 0.576. The number of nitrogens with zero attached hydrogens (tertiary/aromatic N) is 1. The highest BCUT2D eigenvalue weighted by Gasteiger charge is 2.20. The predicted octanol–water partition coefficient (Wildman–Crippen LogP) is 2.51. The van der Waals surface area contributed by atoms with Crippen LogP contribution in [-0.2, 0) is 17.9 Å². The van der Waals surface area contributed by atoms with E-state index in [-0.39, 0.29) is 0 Å². The van der Waals surface area contributed by atoms with E-state index in [2.05, 4.69) is 30.2 Å². The number of aromatic nitrogens is 1. The summed E-state index contributed by atoms with van der Waals surface area (Å²) in [6, 6.07) is 4.87. The second-order valence-corrected chi connectivity index (χ2v) is 5.17. The van der Waals surface area contributed by atoms with Crippen LogP contribution in [0, 0.1) is 5.92 Å². The first-order valence-electron chi connectivity index (χ1n) is 6.49. The van der Waals surface area contributed by atoms with Crippen molar-refractivity contribution in [1.29, 1.82) is 0 Å². The van der Waals surface area contributed by atoms with Crippen LogP contribution in [-0.4, -0.2) is 17.6 Å². The molecule has 0 spiro atoms. The third-order valence-electron chi connectivity index (χ3n) is 2.83. The Morgan fingerprint density at radius 2 is 2.29 bits per heavy atom. The van der Waals surface area contributed by atoms with Gasteiger partial charge in [0.05, 0.1) is 12.3 Å². The van der Waals surface area contributed by atoms with E-state index in [9.17, 15) is 0 Å². The Morgan fingerprint density at radius 1 is 1.47 bits per heavy atom. The largest absolute Gasteiger partial charge is 0.375 e. The Labute approximate surface area is 104 Å². The summed E-state index contributed by atoms with van der Waals surface area (Å²) in [5.41, 5.74) is 2.34. The maximum Gasteiger partial charge on any atom is 0.0891 e. The van der Waals surface area contributed by atoms with Crippen molar-refractivity contribution < 1.29 is 4.74 Å². The van der Waals surface area contributed by atoms with Gasteiger partial charge in [-0.1, -0.05) is 19.9 Å². The molecule has 0 saturated heterocycles. The van der Waals surface area contributed by atoms with Crippen LogP contribution in [0.5, 0.6) is 0 Å². The van der Waals surface area contributed by atoms with E-state index in [1.807, 2.05) is 12.3 Å². The fourth-order valence-corrected chi connectivity index (χ4v) is 1.70. The maximum atomic E-state index is 5.65. The molecular formula is C14H22N2O. The first kappa shape index (κ1) is 12.5. The molecule has 1 saturated carbocycles. The highest BCUT2D eigenvalue weighted by Crippen LogP contribution is 2.19. The molecule has 3 nitrogen and oxygen atoms in total. The van der Waals surface area contributed by atoms with Gasteiger partial charge < -0.3 is 10.1 Å². The molecule has 17 heavy (non-hydrogen) atoms. The molecule has 0 aliphatic heterocycles. The lowest BCUT2D eigenvalue weighted by atomic mass is 10.2. The molecule has 1 aromatic rings. The molecule has 0 unspecified atom stereocenters. The SMILES string of the molecule is CC(C)COCc1ncccc1CNC1CC1. The van der Waals surface area contributed by atoms with E-state index in [0.29, 0.717) is 12.5 Å². The van der Waals surface area contributed by atoms with Crippen molar-refractivity contribution in [3.05, 3.63) is 29.6 Å². The second-order valence-electron chi connectivity index (χ2n) is 5.17. The molecule has 0 atom stereocenters. The van der Waals surface area contributed by atoms with Gasteiger partial charge in [0.25, 0.3) is 0 Å². The molecule has 3 heteroatoms. The maximum absolute atomic E-state index is 5.65. The van der Waals surface area contributed by atoms with Crippen LogP contribution >= 0.6 is 0 Å². The van der Waals surface area contributed by atoms with Gasteiger partial charge in [0.2, 0.25) is 0 Å². The lowest BCUT2D eigenvalue weighted by Crippen LogP contribution is -2.17. The zero-order valence-electron chi connectivity index (χ0n) is 10.8. The van der Waals surface area contributed by atoms with Crippen molar-refractivity contribution in [2.24, 2.45) is 5.92 Å². The Hall–Kier alpha value is -0.930. The van der Waals surface area contributed by atoms with Crippen LogP contribution < -0.4 is 5.32 Å². The van der Waals surface area contributed by atoms with Crippen LogP contribution in [0.4, 0.5) is 0 Å². The van der Waals surface area contributed by atoms with Crippen LogP contribution in [0.3, 0.4) is 0 Å². The van der Waals surface area contributed by atoms with E-state index in [0.717, 1.165) is 24.9 Å². The number of nitrogens with one attached hydrogen (secondary N) is 1. The number of pyridine rings is 1. The molecule has 0 radical (unpaired) electrons. The Balaban J connectivity index is 1.85. The van der Waals surface area contributed by atoms with E-state index < -0.39 is 0 Å². The zero-order chi connectivity index (χ0) is 12.1. The summed E-state index contributed by atoms with van der Waals surface area (Å²) >= 11 is 0. The van der Waals surface area contributed by atoms with Gasteiger partial charge in [0.1, 0.15) is 0 Å². The molecule has 1 aromatic heterocycles. The lowest BCUT2D eigenvalue weighted by molar-refractivity contribution is 0.0942. The summed E-state index contributed by atoms with van der Waals surface area (Å²) in [6.07, 6.45) is 4.48. The van der Waals surface area contributed by atoms with Crippen molar-refractivity contribution in [1.82, 2.24) is 10.3 Å². The highest BCUT2D eigenvalue weighted by molar-refractivity contribution is 5.19. The minimum atomic E-state index is 0.576. The summed E-state index contributed by atoms with van der Waals surface area (Å²) < 4.78 is 5.65. The van der Waals surface area contributed by atoms with Gasteiger partial charge in [-0.3, -0.25) is 4.98 Å². The van der Waals surface area contributed by atoms with E-state index in [4.69, 9.17) is 4.74 Å². The third-order valence-corrected chi connectivity index (χ3v) is 2.83. The fraction of sp³-hybridized carbons (Fsp3) is 0.643. The van der Waals surface area contributed by atoms with E-state index in [1.165, 1.54) is 18.4 Å². The second kappa shape index (κ2) is 6.12. The van der Waals surface area contributed by atoms with Gasteiger partial charge in [-0.15, -0.1) is 0 Å². The first-order chi connectivity index (χ1) is 8.25. The monoisotopic (exact) mass is 234 g/mol. The Bertz CT molecular complexity index is 348. The van der Waals surface area contributed by atoms with Crippen molar-refractivity contribution in [2.45, 2.75) is 45.9 Å². The van der Waals surface area contributed by atoms with Gasteiger partial charge in [0, 0.05) is 25.4 Å². The van der Waals surface area contributed by atoms with Crippen LogP contribution in [0.2, 0.25) is 0 Å². The Kier molecular flexibility index (Phi) is 4.51. The van der Waals surface area contributed by atoms with Gasteiger partial charge >= 0.3 is 0 Å². The molecule has 1 fully saturated rings. The average molecular weight is 234 g/mol. The van der Waals surface area contributed by atoms with Crippen molar-refractivity contribution in [2.75, 3.05) is 6.61 Å². The minimum Gasteiger partial charge on any atom is -0.375 e. The van der Waals surface area contributed by atoms with Crippen LogP contribution in [0.1, 0.15) is 37.9 Å². The molecule has 1 N–H and O–H groups in total. The van der Waals surface area contributed by atoms with Gasteiger partial charge in [-0.25, -0.2) is 0 Å². The number of hydrogen-bond acceptors (Lipinski definition) is 3. The molecule has 1 aliphatic rings. The standard InChI is InChI=1S/C14H22N2O/c1-11(2)9-17-10-14-12(4-3-7-15-14)8-16-13-5-6-13/h3-4,7,11,13,16H,5-6,8-10H2,1-2H3. The smallest absolute Gasteiger partial charge is 0.0891 e.